The molecule has 0 saturated heterocycles. The van der Waals surface area contributed by atoms with Crippen LogP contribution in [0.3, 0.4) is 0 Å². The molecule has 14 rings (SSSR count). The summed E-state index contributed by atoms with van der Waals surface area (Å²) in [6.07, 6.45) is -2.25. The third kappa shape index (κ3) is 21.7. The first-order chi connectivity index (χ1) is 57.3. The average molecular weight is 1620 g/mol. The van der Waals surface area contributed by atoms with Crippen molar-refractivity contribution in [3.05, 3.63) is 419 Å². The number of hydrogen-bond donors (Lipinski definition) is 5. The second-order valence-electron chi connectivity index (χ2n) is 29.2. The fourth-order valence-corrected chi connectivity index (χ4v) is 15.3. The summed E-state index contributed by atoms with van der Waals surface area (Å²) in [7, 11) is 0. The van der Waals surface area contributed by atoms with Gasteiger partial charge >= 0.3 is 11.9 Å². The molecule has 2 amide bonds. The van der Waals surface area contributed by atoms with Crippen LogP contribution in [0, 0.1) is 11.6 Å². The molecule has 121 heavy (non-hydrogen) atoms. The monoisotopic (exact) mass is 1620 g/mol. The van der Waals surface area contributed by atoms with Crippen LogP contribution < -0.4 is 10.6 Å². The smallest absolute Gasteiger partial charge is 0.309 e. The first-order valence-corrected chi connectivity index (χ1v) is 39.4. The van der Waals surface area contributed by atoms with Crippen molar-refractivity contribution in [2.75, 3.05) is 10.6 Å². The second-order valence-corrected chi connectivity index (χ2v) is 29.2. The summed E-state index contributed by atoms with van der Waals surface area (Å²) in [4.78, 5) is 65.4. The number of nitrogens with one attached hydrogen (secondary N) is 2. The molecule has 0 bridgehead atoms. The fourth-order valence-electron chi connectivity index (χ4n) is 15.3. The Hall–Kier alpha value is -13.5. The molecular weight excluding hydrogens is 1520 g/mol. The fraction of sp³-hybridized carbons (Fsp3) is 0.190. The summed E-state index contributed by atoms with van der Waals surface area (Å²) >= 11 is 0. The highest BCUT2D eigenvalue weighted by Crippen LogP contribution is 2.48. The van der Waals surface area contributed by atoms with Crippen molar-refractivity contribution in [2.24, 2.45) is 0 Å². The Kier molecular flexibility index (Phi) is 32.7. The molecule has 12 aromatic carbocycles. The van der Waals surface area contributed by atoms with Crippen LogP contribution in [0.5, 0.6) is 0 Å². The number of esters is 2. The molecule has 0 fully saturated rings. The van der Waals surface area contributed by atoms with E-state index in [4.69, 9.17) is 9.47 Å². The number of aromatic nitrogens is 2. The maximum absolute atomic E-state index is 14.5. The van der Waals surface area contributed by atoms with E-state index in [1.807, 2.05) is 299 Å². The highest BCUT2D eigenvalue weighted by Gasteiger charge is 2.46. The average Bonchev–Trinajstić information content (AvgIpc) is 1.60. The van der Waals surface area contributed by atoms with Crippen molar-refractivity contribution in [3.63, 3.8) is 0 Å². The largest absolute Gasteiger partial charge is 0.454 e. The van der Waals surface area contributed by atoms with Gasteiger partial charge in [0.2, 0.25) is 0 Å². The Bertz CT molecular complexity index is 5510. The summed E-state index contributed by atoms with van der Waals surface area (Å²) in [5, 5.41) is 42.3. The van der Waals surface area contributed by atoms with Crippen LogP contribution in [0.25, 0.3) is 44.8 Å². The second kappa shape index (κ2) is 43.3. The number of ether oxygens (including phenoxy) is 2. The van der Waals surface area contributed by atoms with Crippen LogP contribution in [0.15, 0.2) is 352 Å². The molecule has 2 aromatic heterocycles. The van der Waals surface area contributed by atoms with Gasteiger partial charge in [0.1, 0.15) is 17.9 Å². The van der Waals surface area contributed by atoms with Gasteiger partial charge in [-0.25, -0.2) is 8.78 Å². The first-order valence-electron chi connectivity index (χ1n) is 39.4. The van der Waals surface area contributed by atoms with Gasteiger partial charge < -0.3 is 49.4 Å². The molecule has 0 spiro atoms. The Morgan fingerprint density at radius 2 is 0.686 bits per heavy atom. The van der Waals surface area contributed by atoms with E-state index >= 15 is 0 Å². The standard InChI is InChI=1S/C51H47FN2O5.C29H27FN2O2.C22H20O3.3CH4/c1-35(2)47-46(50(57)53-42-26-16-7-17-27-42)45(36-18-8-3-9-19-36)48(37-28-30-41(52)31-29-37)54(47)33-32-43(55)34-44(56)59-49(38-20-10-4-11-21-38)51(58,39-22-12-5-13-23-39)40-24-14-6-15-25-40;1-20(2)27-26(29(34)31-24-12-7-4-8-13-24)25(21-10-5-3-6-11-21)28(32(27)18-9-19-33)22-14-16-23(30)17-15-22;1-17(23)25-21(18-11-5-2-6-12-18)22(24,19-13-7-3-8-14-19)20-15-9-4-10-16-20;;;/h3-31,35,43,49,55,58H,32-34H2,1-2H3,(H,53,57);3-8,10-17,19-20H,9,18H2,1-2H3,(H,31,34);2-16,21,24H,1H3;3*1H4/t43?,49-;;21-;;;/m0.0.../s1. The number of halogens is 2. The first kappa shape index (κ1) is 91.4. The third-order valence-electron chi connectivity index (χ3n) is 20.5. The molecule has 1 unspecified atom stereocenters. The summed E-state index contributed by atoms with van der Waals surface area (Å²) in [5.74, 6) is -2.55. The molecule has 3 atom stereocenters. The lowest BCUT2D eigenvalue weighted by Crippen LogP contribution is -2.38. The van der Waals surface area contributed by atoms with E-state index in [-0.39, 0.29) is 71.1 Å². The van der Waals surface area contributed by atoms with Crippen LogP contribution in [-0.4, -0.2) is 60.6 Å². The van der Waals surface area contributed by atoms with Crippen molar-refractivity contribution in [2.45, 2.75) is 131 Å². The Morgan fingerprint density at radius 1 is 0.397 bits per heavy atom. The molecule has 16 heteroatoms. The highest BCUT2D eigenvalue weighted by molar-refractivity contribution is 6.13. The summed E-state index contributed by atoms with van der Waals surface area (Å²) in [5.41, 5.74) is 10.5. The number of aliphatic hydroxyl groups excluding tert-OH is 1. The summed E-state index contributed by atoms with van der Waals surface area (Å²) in [6, 6.07) is 105. The number of benzene rings is 12. The van der Waals surface area contributed by atoms with E-state index in [2.05, 4.69) is 15.2 Å². The van der Waals surface area contributed by atoms with E-state index in [1.165, 1.54) is 31.2 Å². The lowest BCUT2D eigenvalue weighted by Gasteiger charge is -2.37. The minimum Gasteiger partial charge on any atom is -0.454 e. The SMILES string of the molecule is C.C.C.CC(=O)O[C@@H](c1ccccc1)C(O)(c1ccccc1)c1ccccc1.CC(C)c1c(C(=O)Nc2ccccc2)c(-c2ccccc2)c(-c2ccc(F)cc2)n1CCC(O)CC(=O)O[C@@H](c1ccccc1)C(O)(c1ccccc1)c1ccccc1.CC(C)c1c(C(=O)Nc2ccccc2)c(-c2ccccc2)c(-c2ccc(F)cc2)n1CCC=O. The number of aldehydes is 1. The van der Waals surface area contributed by atoms with Crippen molar-refractivity contribution in [1.29, 1.82) is 0 Å². The van der Waals surface area contributed by atoms with Crippen LogP contribution in [-0.2, 0) is 48.1 Å². The molecule has 14 aromatic rings. The molecule has 0 aliphatic carbocycles. The van der Waals surface area contributed by atoms with Crippen molar-refractivity contribution in [1.82, 2.24) is 9.13 Å². The van der Waals surface area contributed by atoms with Crippen LogP contribution >= 0.6 is 0 Å². The predicted molar refractivity (Wildman–Crippen MR) is 482 cm³/mol. The van der Waals surface area contributed by atoms with Crippen molar-refractivity contribution >= 4 is 41.4 Å². The van der Waals surface area contributed by atoms with Gasteiger partial charge in [-0.2, -0.15) is 0 Å². The van der Waals surface area contributed by atoms with Gasteiger partial charge in [-0.05, 0) is 147 Å². The van der Waals surface area contributed by atoms with Crippen molar-refractivity contribution in [3.8, 4) is 44.8 Å². The van der Waals surface area contributed by atoms with Gasteiger partial charge in [0, 0.05) is 60.3 Å². The lowest BCUT2D eigenvalue weighted by molar-refractivity contribution is -0.165. The van der Waals surface area contributed by atoms with E-state index in [1.54, 1.807) is 60.7 Å². The van der Waals surface area contributed by atoms with E-state index < -0.39 is 47.3 Å². The minimum atomic E-state index is -1.77. The molecular formula is C105H106F2N4O10. The maximum atomic E-state index is 14.5. The Morgan fingerprint density at radius 3 is 0.992 bits per heavy atom. The number of rotatable bonds is 28. The lowest BCUT2D eigenvalue weighted by atomic mass is 9.79. The Balaban J connectivity index is 0.000000226. The quantitative estimate of drug-likeness (QED) is 0.0232. The molecule has 0 radical (unpaired) electrons. The predicted octanol–water partition coefficient (Wildman–Crippen LogP) is 23.8. The zero-order chi connectivity index (χ0) is 83.1. The minimum absolute atomic E-state index is 0. The summed E-state index contributed by atoms with van der Waals surface area (Å²) in [6.45, 7) is 10.1. The van der Waals surface area contributed by atoms with Crippen LogP contribution in [0.2, 0.25) is 0 Å². The normalized spacial score (nSPS) is 11.7. The molecule has 620 valence electrons. The molecule has 14 nitrogen and oxygen atoms in total. The number of carbonyl (C=O) groups excluding carboxylic acids is 5. The number of hydrogen-bond acceptors (Lipinski definition) is 10. The zero-order valence-corrected chi connectivity index (χ0v) is 66.3. The number of amides is 2. The van der Waals surface area contributed by atoms with E-state index in [0.29, 0.717) is 80.1 Å². The van der Waals surface area contributed by atoms with Crippen LogP contribution in [0.1, 0.15) is 166 Å². The number of nitrogens with zero attached hydrogens (tertiary/aromatic N) is 2. The molecule has 0 aliphatic rings. The van der Waals surface area contributed by atoms with Gasteiger partial charge in [-0.15, -0.1) is 0 Å². The van der Waals surface area contributed by atoms with Gasteiger partial charge in [0.05, 0.1) is 35.0 Å². The Labute approximate surface area is 709 Å². The number of aliphatic hydroxyl groups is 3. The zero-order valence-electron chi connectivity index (χ0n) is 66.3. The van der Waals surface area contributed by atoms with Gasteiger partial charge in [-0.1, -0.05) is 329 Å². The number of anilines is 2. The number of carbonyl (C=O) groups is 5. The van der Waals surface area contributed by atoms with Gasteiger partial charge in [0.15, 0.2) is 23.4 Å². The highest BCUT2D eigenvalue weighted by atomic mass is 19.1. The maximum Gasteiger partial charge on any atom is 0.309 e. The molecule has 0 aliphatic heterocycles. The van der Waals surface area contributed by atoms with Gasteiger partial charge in [-0.3, -0.25) is 19.2 Å². The third-order valence-corrected chi connectivity index (χ3v) is 20.5. The molecule has 0 saturated carbocycles. The topological polar surface area (TPSA) is 198 Å². The number of para-hydroxylation sites is 2. The summed E-state index contributed by atoms with van der Waals surface area (Å²) < 4.78 is 44.1. The van der Waals surface area contributed by atoms with E-state index in [9.17, 15) is 48.1 Å². The molecule has 5 N–H and O–H groups in total. The molecule has 2 heterocycles. The van der Waals surface area contributed by atoms with Crippen molar-refractivity contribution < 1.29 is 57.5 Å². The van der Waals surface area contributed by atoms with E-state index in [0.717, 1.165) is 51.2 Å². The van der Waals surface area contributed by atoms with Gasteiger partial charge in [0.25, 0.3) is 11.8 Å². The van der Waals surface area contributed by atoms with Crippen LogP contribution in [0.4, 0.5) is 20.2 Å².